The summed E-state index contributed by atoms with van der Waals surface area (Å²) in [5.74, 6) is 0. The van der Waals surface area contributed by atoms with Crippen molar-refractivity contribution in [3.05, 3.63) is 182 Å². The Kier molecular flexibility index (Phi) is 6.25. The summed E-state index contributed by atoms with van der Waals surface area (Å²) in [5, 5.41) is 9.60. The van der Waals surface area contributed by atoms with Crippen molar-refractivity contribution in [3.63, 3.8) is 0 Å². The topological polar surface area (TPSA) is 13.1 Å². The minimum Gasteiger partial charge on any atom is -0.455 e. The summed E-state index contributed by atoms with van der Waals surface area (Å²) in [6.45, 7) is 0. The smallest absolute Gasteiger partial charge is 0.143 e. The second kappa shape index (κ2) is 11.1. The number of furan rings is 1. The van der Waals surface area contributed by atoms with Gasteiger partial charge in [0, 0.05) is 21.9 Å². The standard InChI is InChI=1S/C48H30O/c1-3-13-31(14-4-1)34-26-28-40-43(29-34)46(38-21-11-18-33-17-7-8-19-36(33)38)39-27-25-35(32-15-5-2-6-16-32)30-44(39)47(40)42-23-12-22-41-37-20-9-10-24-45(37)49-48(41)42/h1-30H. The van der Waals surface area contributed by atoms with Crippen molar-refractivity contribution >= 4 is 54.3 Å². The van der Waals surface area contributed by atoms with Gasteiger partial charge < -0.3 is 4.42 Å². The molecule has 0 atom stereocenters. The summed E-state index contributed by atoms with van der Waals surface area (Å²) in [5.41, 5.74) is 11.4. The van der Waals surface area contributed by atoms with Crippen molar-refractivity contribution in [1.82, 2.24) is 0 Å². The van der Waals surface area contributed by atoms with E-state index in [0.717, 1.165) is 27.5 Å². The molecule has 0 spiro atoms. The molecule has 1 heterocycles. The lowest BCUT2D eigenvalue weighted by molar-refractivity contribution is 0.670. The summed E-state index contributed by atoms with van der Waals surface area (Å²) in [4.78, 5) is 0. The van der Waals surface area contributed by atoms with Crippen molar-refractivity contribution in [2.24, 2.45) is 0 Å². The van der Waals surface area contributed by atoms with Crippen molar-refractivity contribution in [1.29, 1.82) is 0 Å². The van der Waals surface area contributed by atoms with Gasteiger partial charge in [0.2, 0.25) is 0 Å². The van der Waals surface area contributed by atoms with E-state index < -0.39 is 0 Å². The normalized spacial score (nSPS) is 11.7. The van der Waals surface area contributed by atoms with Gasteiger partial charge in [-0.05, 0) is 83.9 Å². The largest absolute Gasteiger partial charge is 0.455 e. The number of rotatable bonds is 4. The van der Waals surface area contributed by atoms with Crippen LogP contribution in [0, 0.1) is 0 Å². The zero-order valence-electron chi connectivity index (χ0n) is 26.7. The van der Waals surface area contributed by atoms with E-state index in [4.69, 9.17) is 4.42 Å². The van der Waals surface area contributed by atoms with Gasteiger partial charge in [0.1, 0.15) is 11.2 Å². The fourth-order valence-electron chi connectivity index (χ4n) is 7.82. The maximum absolute atomic E-state index is 6.72. The lowest BCUT2D eigenvalue weighted by Crippen LogP contribution is -1.93. The molecule has 1 heteroatoms. The Labute approximate surface area is 284 Å². The highest BCUT2D eigenvalue weighted by atomic mass is 16.3. The summed E-state index contributed by atoms with van der Waals surface area (Å²) in [7, 11) is 0. The van der Waals surface area contributed by atoms with E-state index in [1.54, 1.807) is 0 Å². The SMILES string of the molecule is c1ccc(-c2ccc3c(-c4cccc5c4oc4ccccc45)c4cc(-c5ccccc5)ccc4c(-c4cccc5ccccc45)c3c2)cc1. The van der Waals surface area contributed by atoms with Crippen LogP contribution in [-0.4, -0.2) is 0 Å². The fraction of sp³-hybridized carbons (Fsp3) is 0. The Hall–Kier alpha value is -6.44. The summed E-state index contributed by atoms with van der Waals surface area (Å²) >= 11 is 0. The van der Waals surface area contributed by atoms with Gasteiger partial charge in [-0.2, -0.15) is 0 Å². The van der Waals surface area contributed by atoms with Gasteiger partial charge >= 0.3 is 0 Å². The molecule has 10 aromatic rings. The van der Waals surface area contributed by atoms with Gasteiger partial charge in [-0.15, -0.1) is 0 Å². The molecule has 49 heavy (non-hydrogen) atoms. The van der Waals surface area contributed by atoms with E-state index in [1.165, 1.54) is 71.3 Å². The molecule has 1 aromatic heterocycles. The van der Waals surface area contributed by atoms with Gasteiger partial charge in [0.05, 0.1) is 0 Å². The third-order valence-corrected chi connectivity index (χ3v) is 10.1. The average Bonchev–Trinajstić information content (AvgIpc) is 3.56. The predicted molar refractivity (Wildman–Crippen MR) is 208 cm³/mol. The summed E-state index contributed by atoms with van der Waals surface area (Å²) < 4.78 is 6.72. The van der Waals surface area contributed by atoms with Crippen LogP contribution >= 0.6 is 0 Å². The molecule has 9 aromatic carbocycles. The van der Waals surface area contributed by atoms with Crippen LogP contribution in [0.15, 0.2) is 186 Å². The predicted octanol–water partition coefficient (Wildman–Crippen LogP) is 13.7. The average molecular weight is 623 g/mol. The lowest BCUT2D eigenvalue weighted by atomic mass is 9.82. The highest BCUT2D eigenvalue weighted by Crippen LogP contribution is 2.49. The maximum Gasteiger partial charge on any atom is 0.143 e. The van der Waals surface area contributed by atoms with Gasteiger partial charge in [-0.1, -0.05) is 164 Å². The molecule has 0 bridgehead atoms. The van der Waals surface area contributed by atoms with Crippen LogP contribution in [0.2, 0.25) is 0 Å². The van der Waals surface area contributed by atoms with E-state index in [0.29, 0.717) is 0 Å². The minimum atomic E-state index is 0.905. The Morgan fingerprint density at radius 3 is 1.49 bits per heavy atom. The fourth-order valence-corrected chi connectivity index (χ4v) is 7.82. The first-order valence-electron chi connectivity index (χ1n) is 16.8. The molecule has 10 rings (SSSR count). The number of fused-ring (bicyclic) bond motifs is 6. The molecule has 0 aliphatic carbocycles. The molecule has 0 fully saturated rings. The molecule has 0 radical (unpaired) electrons. The molecular formula is C48H30O. The molecule has 1 nitrogen and oxygen atoms in total. The first kappa shape index (κ1) is 27.7. The molecule has 0 N–H and O–H groups in total. The van der Waals surface area contributed by atoms with Crippen molar-refractivity contribution in [2.75, 3.05) is 0 Å². The van der Waals surface area contributed by atoms with Crippen LogP contribution in [0.1, 0.15) is 0 Å². The Bertz CT molecular complexity index is 2850. The number of para-hydroxylation sites is 2. The zero-order valence-corrected chi connectivity index (χ0v) is 26.7. The second-order valence-corrected chi connectivity index (χ2v) is 12.8. The Morgan fingerprint density at radius 1 is 0.286 bits per heavy atom. The third kappa shape index (κ3) is 4.40. The highest BCUT2D eigenvalue weighted by Gasteiger charge is 2.22. The highest BCUT2D eigenvalue weighted by molar-refractivity contribution is 6.26. The van der Waals surface area contributed by atoms with Crippen molar-refractivity contribution in [2.45, 2.75) is 0 Å². The van der Waals surface area contributed by atoms with E-state index in [2.05, 4.69) is 176 Å². The van der Waals surface area contributed by atoms with Crippen LogP contribution in [0.5, 0.6) is 0 Å². The third-order valence-electron chi connectivity index (χ3n) is 10.1. The second-order valence-electron chi connectivity index (χ2n) is 12.8. The van der Waals surface area contributed by atoms with Gasteiger partial charge in [-0.3, -0.25) is 0 Å². The molecule has 228 valence electrons. The van der Waals surface area contributed by atoms with E-state index in [1.807, 2.05) is 6.07 Å². The quantitative estimate of drug-likeness (QED) is 0.178. The van der Waals surface area contributed by atoms with E-state index in [-0.39, 0.29) is 0 Å². The number of hydrogen-bond donors (Lipinski definition) is 0. The maximum atomic E-state index is 6.72. The summed E-state index contributed by atoms with van der Waals surface area (Å²) in [6, 6.07) is 65.8. The number of hydrogen-bond acceptors (Lipinski definition) is 1. The van der Waals surface area contributed by atoms with Crippen LogP contribution < -0.4 is 0 Å². The van der Waals surface area contributed by atoms with Crippen LogP contribution in [0.25, 0.3) is 98.8 Å². The van der Waals surface area contributed by atoms with Gasteiger partial charge in [0.15, 0.2) is 0 Å². The molecule has 0 saturated carbocycles. The molecule has 0 saturated heterocycles. The van der Waals surface area contributed by atoms with Crippen LogP contribution in [0.4, 0.5) is 0 Å². The Balaban J connectivity index is 1.41. The first-order valence-corrected chi connectivity index (χ1v) is 16.8. The molecule has 0 amide bonds. The van der Waals surface area contributed by atoms with Gasteiger partial charge in [0.25, 0.3) is 0 Å². The van der Waals surface area contributed by atoms with Crippen molar-refractivity contribution in [3.8, 4) is 44.5 Å². The first-order chi connectivity index (χ1) is 24.3. The van der Waals surface area contributed by atoms with Gasteiger partial charge in [-0.25, -0.2) is 0 Å². The molecule has 0 unspecified atom stereocenters. The summed E-state index contributed by atoms with van der Waals surface area (Å²) in [6.07, 6.45) is 0. The minimum absolute atomic E-state index is 0.905. The zero-order chi connectivity index (χ0) is 32.3. The number of benzene rings is 9. The van der Waals surface area contributed by atoms with Crippen LogP contribution in [-0.2, 0) is 0 Å². The molecular weight excluding hydrogens is 593 g/mol. The molecule has 0 aliphatic heterocycles. The van der Waals surface area contributed by atoms with E-state index >= 15 is 0 Å². The van der Waals surface area contributed by atoms with Crippen LogP contribution in [0.3, 0.4) is 0 Å². The Morgan fingerprint density at radius 2 is 0.796 bits per heavy atom. The monoisotopic (exact) mass is 622 g/mol. The van der Waals surface area contributed by atoms with Crippen molar-refractivity contribution < 1.29 is 4.42 Å². The molecule has 0 aliphatic rings. The lowest BCUT2D eigenvalue weighted by Gasteiger charge is -2.20. The van der Waals surface area contributed by atoms with E-state index in [9.17, 15) is 0 Å².